The van der Waals surface area contributed by atoms with E-state index in [2.05, 4.69) is 4.57 Å². The number of ether oxygens (including phenoxy) is 2. The minimum Gasteiger partial charge on any atom is -0.490 e. The summed E-state index contributed by atoms with van der Waals surface area (Å²) in [6, 6.07) is 18.2. The Bertz CT molecular complexity index is 1760. The number of Topliss-reactive ketones (excluding diaryl/α,β-unsaturated/α-hetero) is 1. The van der Waals surface area contributed by atoms with Crippen LogP contribution in [0.15, 0.2) is 66.9 Å². The van der Waals surface area contributed by atoms with Gasteiger partial charge < -0.3 is 29.2 Å². The first-order valence-electron chi connectivity index (χ1n) is 14.7. The molecule has 220 valence electrons. The zero-order chi connectivity index (χ0) is 29.7. The van der Waals surface area contributed by atoms with Crippen LogP contribution in [0, 0.1) is 0 Å². The number of carboxylic acid groups (broad SMARTS) is 1. The molecule has 0 radical (unpaired) electrons. The molecule has 2 aliphatic heterocycles. The van der Waals surface area contributed by atoms with Gasteiger partial charge in [-0.25, -0.2) is 4.79 Å². The Kier molecular flexibility index (Phi) is 6.69. The molecule has 1 amide bonds. The van der Waals surface area contributed by atoms with E-state index in [1.54, 1.807) is 30.3 Å². The van der Waals surface area contributed by atoms with Crippen LogP contribution >= 0.6 is 0 Å². The second-order valence-electron chi connectivity index (χ2n) is 11.7. The van der Waals surface area contributed by atoms with Crippen LogP contribution < -0.4 is 9.47 Å². The van der Waals surface area contributed by atoms with E-state index in [-0.39, 0.29) is 36.9 Å². The van der Waals surface area contributed by atoms with E-state index in [4.69, 9.17) is 9.47 Å². The van der Waals surface area contributed by atoms with Gasteiger partial charge >= 0.3 is 5.97 Å². The fourth-order valence-electron chi connectivity index (χ4n) is 6.38. The Morgan fingerprint density at radius 3 is 2.51 bits per heavy atom. The number of aliphatic hydroxyl groups excluding tert-OH is 1. The van der Waals surface area contributed by atoms with Gasteiger partial charge in [-0.2, -0.15) is 0 Å². The molecule has 43 heavy (non-hydrogen) atoms. The van der Waals surface area contributed by atoms with Crippen molar-refractivity contribution in [1.82, 2.24) is 9.47 Å². The maximum absolute atomic E-state index is 13.7. The number of piperidine rings is 1. The maximum Gasteiger partial charge on any atom is 0.335 e. The summed E-state index contributed by atoms with van der Waals surface area (Å²) in [5.74, 6) is -0.00482. The lowest BCUT2D eigenvalue weighted by Gasteiger charge is -2.44. The summed E-state index contributed by atoms with van der Waals surface area (Å²) in [5, 5.41) is 19.6. The van der Waals surface area contributed by atoms with Gasteiger partial charge in [0.1, 0.15) is 23.7 Å². The summed E-state index contributed by atoms with van der Waals surface area (Å²) in [6.07, 6.45) is 5.55. The number of benzene rings is 3. The largest absolute Gasteiger partial charge is 0.490 e. The number of nitrogens with zero attached hydrogens (tertiary/aromatic N) is 2. The molecule has 1 aromatic heterocycles. The van der Waals surface area contributed by atoms with E-state index in [1.807, 2.05) is 35.4 Å². The Morgan fingerprint density at radius 2 is 1.77 bits per heavy atom. The number of hydrogen-bond donors (Lipinski definition) is 2. The number of aromatic nitrogens is 1. The SMILES string of the molecule is O=C(O)c1cccc(-c2ccc3c(c2)C(=O)CC2(CCN(C(=O)c4cc(OCCO)c5ccn(C6CC6)c5c4)CC2)O3)c1. The van der Waals surface area contributed by atoms with E-state index >= 15 is 0 Å². The highest BCUT2D eigenvalue weighted by Crippen LogP contribution is 2.42. The first kappa shape index (κ1) is 27.2. The molecule has 3 aromatic carbocycles. The van der Waals surface area contributed by atoms with Crippen LogP contribution in [0.5, 0.6) is 11.5 Å². The molecule has 1 aliphatic carbocycles. The van der Waals surface area contributed by atoms with Gasteiger partial charge in [0.05, 0.1) is 29.7 Å². The third-order valence-corrected chi connectivity index (χ3v) is 8.83. The molecule has 2 fully saturated rings. The van der Waals surface area contributed by atoms with E-state index in [0.29, 0.717) is 54.6 Å². The van der Waals surface area contributed by atoms with Gasteiger partial charge in [-0.1, -0.05) is 18.2 Å². The third kappa shape index (κ3) is 5.03. The average Bonchev–Trinajstić information content (AvgIpc) is 3.77. The molecule has 9 nitrogen and oxygen atoms in total. The maximum atomic E-state index is 13.7. The number of rotatable bonds is 7. The molecule has 3 heterocycles. The van der Waals surface area contributed by atoms with Gasteiger partial charge in [-0.3, -0.25) is 9.59 Å². The molecular weight excluding hydrogens is 548 g/mol. The predicted octanol–water partition coefficient (Wildman–Crippen LogP) is 5.35. The summed E-state index contributed by atoms with van der Waals surface area (Å²) in [6.45, 7) is 0.945. The Hall–Kier alpha value is -4.63. The van der Waals surface area contributed by atoms with Crippen LogP contribution in [-0.2, 0) is 0 Å². The highest BCUT2D eigenvalue weighted by molar-refractivity contribution is 6.02. The Balaban J connectivity index is 1.09. The van der Waals surface area contributed by atoms with Gasteiger partial charge in [0, 0.05) is 49.1 Å². The number of carboxylic acids is 1. The van der Waals surface area contributed by atoms with Crippen LogP contribution in [0.2, 0.25) is 0 Å². The number of aliphatic hydroxyl groups is 1. The van der Waals surface area contributed by atoms with Gasteiger partial charge in [-0.05, 0) is 66.4 Å². The number of aromatic carboxylic acids is 1. The van der Waals surface area contributed by atoms with Gasteiger partial charge in [0.25, 0.3) is 5.91 Å². The van der Waals surface area contributed by atoms with Crippen LogP contribution in [0.3, 0.4) is 0 Å². The van der Waals surface area contributed by atoms with Crippen molar-refractivity contribution in [3.63, 3.8) is 0 Å². The molecule has 4 aromatic rings. The number of carbonyl (C=O) groups is 3. The number of carbonyl (C=O) groups excluding carboxylic acids is 2. The lowest BCUT2D eigenvalue weighted by Crippen LogP contribution is -2.52. The van der Waals surface area contributed by atoms with Crippen molar-refractivity contribution < 1.29 is 34.1 Å². The van der Waals surface area contributed by atoms with Crippen molar-refractivity contribution in [2.75, 3.05) is 26.3 Å². The fourth-order valence-corrected chi connectivity index (χ4v) is 6.38. The highest BCUT2D eigenvalue weighted by atomic mass is 16.5. The van der Waals surface area contributed by atoms with E-state index in [1.165, 1.54) is 6.07 Å². The van der Waals surface area contributed by atoms with Crippen molar-refractivity contribution in [3.8, 4) is 22.6 Å². The zero-order valence-corrected chi connectivity index (χ0v) is 23.6. The van der Waals surface area contributed by atoms with E-state index in [9.17, 15) is 24.6 Å². The monoisotopic (exact) mass is 580 g/mol. The topological polar surface area (TPSA) is 118 Å². The smallest absolute Gasteiger partial charge is 0.335 e. The molecule has 0 atom stereocenters. The van der Waals surface area contributed by atoms with Crippen LogP contribution in [0.1, 0.15) is 69.2 Å². The van der Waals surface area contributed by atoms with Crippen molar-refractivity contribution in [3.05, 3.63) is 83.6 Å². The average molecular weight is 581 g/mol. The highest BCUT2D eigenvalue weighted by Gasteiger charge is 2.44. The summed E-state index contributed by atoms with van der Waals surface area (Å²) in [7, 11) is 0. The molecule has 1 saturated heterocycles. The van der Waals surface area contributed by atoms with Gasteiger partial charge in [-0.15, -0.1) is 0 Å². The molecule has 7 rings (SSSR count). The first-order valence-corrected chi connectivity index (χ1v) is 14.7. The fraction of sp³-hybridized carbons (Fsp3) is 0.324. The summed E-state index contributed by atoms with van der Waals surface area (Å²) in [4.78, 5) is 40.3. The quantitative estimate of drug-likeness (QED) is 0.302. The number of likely N-dealkylation sites (tertiary alicyclic amines) is 1. The van der Waals surface area contributed by atoms with E-state index in [0.717, 1.165) is 34.9 Å². The predicted molar refractivity (Wildman–Crippen MR) is 159 cm³/mol. The number of hydrogen-bond acceptors (Lipinski definition) is 6. The summed E-state index contributed by atoms with van der Waals surface area (Å²) in [5.41, 5.74) is 2.97. The molecule has 2 N–H and O–H groups in total. The molecule has 0 bridgehead atoms. The third-order valence-electron chi connectivity index (χ3n) is 8.83. The van der Waals surface area contributed by atoms with Gasteiger partial charge in [0.15, 0.2) is 5.78 Å². The van der Waals surface area contributed by atoms with Crippen molar-refractivity contribution >= 4 is 28.6 Å². The molecule has 0 unspecified atom stereocenters. The van der Waals surface area contributed by atoms with Crippen molar-refractivity contribution in [1.29, 1.82) is 0 Å². The van der Waals surface area contributed by atoms with Crippen molar-refractivity contribution in [2.24, 2.45) is 0 Å². The number of amides is 1. The minimum atomic E-state index is -1.00. The Morgan fingerprint density at radius 1 is 0.977 bits per heavy atom. The molecule has 9 heteroatoms. The van der Waals surface area contributed by atoms with Crippen LogP contribution in [-0.4, -0.2) is 69.2 Å². The van der Waals surface area contributed by atoms with Crippen LogP contribution in [0.25, 0.3) is 22.0 Å². The summed E-state index contributed by atoms with van der Waals surface area (Å²) >= 11 is 0. The molecule has 1 spiro atoms. The molecule has 1 saturated carbocycles. The van der Waals surface area contributed by atoms with Crippen molar-refractivity contribution in [2.45, 2.75) is 43.7 Å². The first-order chi connectivity index (χ1) is 20.8. The lowest BCUT2D eigenvalue weighted by atomic mass is 9.82. The summed E-state index contributed by atoms with van der Waals surface area (Å²) < 4.78 is 14.5. The van der Waals surface area contributed by atoms with Crippen LogP contribution in [0.4, 0.5) is 0 Å². The number of ketones is 1. The standard InChI is InChI=1S/C34H32N2O7/c37-14-15-42-31-19-24(18-28-26(31)8-11-36(28)25-5-6-25)32(39)35-12-9-34(10-13-35)20-29(38)27-17-22(4-7-30(27)43-34)21-2-1-3-23(16-21)33(40)41/h1-4,7-8,11,16-19,25,37H,5-6,9-10,12-15,20H2,(H,40,41). The van der Waals surface area contributed by atoms with E-state index < -0.39 is 11.6 Å². The lowest BCUT2D eigenvalue weighted by molar-refractivity contribution is -0.00572. The van der Waals surface area contributed by atoms with Gasteiger partial charge in [0.2, 0.25) is 0 Å². The molecule has 3 aliphatic rings. The second-order valence-corrected chi connectivity index (χ2v) is 11.7. The number of fused-ring (bicyclic) bond motifs is 2. The second kappa shape index (κ2) is 10.6. The Labute approximate surface area is 248 Å². The normalized spacial score (nSPS) is 17.5. The zero-order valence-electron chi connectivity index (χ0n) is 23.6. The minimum absolute atomic E-state index is 0.0192. The molecular formula is C34H32N2O7.